The second kappa shape index (κ2) is 7.32. The molecule has 0 radical (unpaired) electrons. The predicted octanol–water partition coefficient (Wildman–Crippen LogP) is -0.831. The minimum atomic E-state index is -3.22. The highest BCUT2D eigenvalue weighted by atomic mass is 32.2. The standard InChI is InChI=1S/C10H20N2O4S2/c1-16-5-3-11-7-9(13)12-4-6-17-8-10(12)18(2,14)15/h10-11H,3-8H2,1-2H3. The van der Waals surface area contributed by atoms with E-state index in [0.29, 0.717) is 25.4 Å². The Kier molecular flexibility index (Phi) is 6.40. The third-order valence-electron chi connectivity index (χ3n) is 2.66. The third kappa shape index (κ3) is 4.75. The molecule has 0 spiro atoms. The zero-order valence-electron chi connectivity index (χ0n) is 10.7. The maximum Gasteiger partial charge on any atom is 0.237 e. The van der Waals surface area contributed by atoms with Crippen LogP contribution in [0.2, 0.25) is 0 Å². The zero-order valence-corrected chi connectivity index (χ0v) is 12.3. The van der Waals surface area contributed by atoms with Crippen LogP contribution in [0.3, 0.4) is 0 Å². The molecule has 1 fully saturated rings. The van der Waals surface area contributed by atoms with Crippen molar-refractivity contribution in [1.29, 1.82) is 0 Å². The van der Waals surface area contributed by atoms with Crippen LogP contribution < -0.4 is 5.32 Å². The first-order chi connectivity index (χ1) is 8.46. The number of hydrogen-bond donors (Lipinski definition) is 1. The molecule has 1 aliphatic heterocycles. The van der Waals surface area contributed by atoms with E-state index >= 15 is 0 Å². The first-order valence-electron chi connectivity index (χ1n) is 5.72. The molecular weight excluding hydrogens is 276 g/mol. The van der Waals surface area contributed by atoms with Crippen LogP contribution in [0.4, 0.5) is 0 Å². The number of amides is 1. The Morgan fingerprint density at radius 3 is 2.89 bits per heavy atom. The van der Waals surface area contributed by atoms with E-state index in [9.17, 15) is 13.2 Å². The lowest BCUT2D eigenvalue weighted by molar-refractivity contribution is -0.130. The van der Waals surface area contributed by atoms with Crippen LogP contribution in [0.15, 0.2) is 0 Å². The molecular formula is C10H20N2O4S2. The number of ether oxygens (including phenoxy) is 1. The largest absolute Gasteiger partial charge is 0.383 e. The predicted molar refractivity (Wildman–Crippen MR) is 72.4 cm³/mol. The highest BCUT2D eigenvalue weighted by Crippen LogP contribution is 2.20. The third-order valence-corrected chi connectivity index (χ3v) is 5.30. The maximum absolute atomic E-state index is 12.0. The van der Waals surface area contributed by atoms with Crippen molar-refractivity contribution in [2.45, 2.75) is 5.37 Å². The van der Waals surface area contributed by atoms with Crippen molar-refractivity contribution in [2.75, 3.05) is 51.1 Å². The van der Waals surface area contributed by atoms with Gasteiger partial charge >= 0.3 is 0 Å². The Morgan fingerprint density at radius 2 is 2.28 bits per heavy atom. The molecule has 1 heterocycles. The Labute approximate surface area is 112 Å². The Balaban J connectivity index is 2.53. The SMILES string of the molecule is COCCNCC(=O)N1CCSCC1S(C)(=O)=O. The molecule has 8 heteroatoms. The van der Waals surface area contributed by atoms with E-state index in [-0.39, 0.29) is 12.5 Å². The monoisotopic (exact) mass is 296 g/mol. The fourth-order valence-electron chi connectivity index (χ4n) is 1.69. The van der Waals surface area contributed by atoms with E-state index in [1.165, 1.54) is 11.2 Å². The molecule has 0 aliphatic carbocycles. The quantitative estimate of drug-likeness (QED) is 0.645. The fourth-order valence-corrected chi connectivity index (χ4v) is 4.53. The molecule has 0 bridgehead atoms. The van der Waals surface area contributed by atoms with Gasteiger partial charge in [0.25, 0.3) is 0 Å². The lowest BCUT2D eigenvalue weighted by Crippen LogP contribution is -2.52. The van der Waals surface area contributed by atoms with Crippen LogP contribution in [0.1, 0.15) is 0 Å². The summed E-state index contributed by atoms with van der Waals surface area (Å²) < 4.78 is 28.1. The van der Waals surface area contributed by atoms with Crippen molar-refractivity contribution in [3.63, 3.8) is 0 Å². The van der Waals surface area contributed by atoms with Crippen LogP contribution in [-0.4, -0.2) is 75.7 Å². The van der Waals surface area contributed by atoms with Crippen molar-refractivity contribution in [3.05, 3.63) is 0 Å². The summed E-state index contributed by atoms with van der Waals surface area (Å²) in [6, 6.07) is 0. The van der Waals surface area contributed by atoms with Gasteiger partial charge in [-0.15, -0.1) is 0 Å². The first-order valence-corrected chi connectivity index (χ1v) is 8.83. The molecule has 0 aromatic heterocycles. The number of methoxy groups -OCH3 is 1. The van der Waals surface area contributed by atoms with Crippen molar-refractivity contribution < 1.29 is 17.9 Å². The molecule has 1 N–H and O–H groups in total. The molecule has 1 amide bonds. The van der Waals surface area contributed by atoms with Crippen molar-refractivity contribution in [1.82, 2.24) is 10.2 Å². The highest BCUT2D eigenvalue weighted by Gasteiger charge is 2.33. The number of rotatable bonds is 6. The number of thioether (sulfide) groups is 1. The smallest absolute Gasteiger partial charge is 0.237 e. The normalized spacial score (nSPS) is 21.0. The van der Waals surface area contributed by atoms with Crippen LogP contribution in [0.25, 0.3) is 0 Å². The summed E-state index contributed by atoms with van der Waals surface area (Å²) in [5.41, 5.74) is 0. The van der Waals surface area contributed by atoms with Gasteiger partial charge in [-0.25, -0.2) is 8.42 Å². The fraction of sp³-hybridized carbons (Fsp3) is 0.900. The van der Waals surface area contributed by atoms with E-state index < -0.39 is 15.2 Å². The molecule has 0 aromatic carbocycles. The van der Waals surface area contributed by atoms with Gasteiger partial charge in [-0.05, 0) is 0 Å². The summed E-state index contributed by atoms with van der Waals surface area (Å²) in [4.78, 5) is 13.4. The minimum absolute atomic E-state index is 0.153. The van der Waals surface area contributed by atoms with Gasteiger partial charge in [0.2, 0.25) is 5.91 Å². The molecule has 0 saturated carbocycles. The average molecular weight is 296 g/mol. The van der Waals surface area contributed by atoms with Crippen molar-refractivity contribution >= 4 is 27.5 Å². The van der Waals surface area contributed by atoms with Crippen LogP contribution >= 0.6 is 11.8 Å². The molecule has 18 heavy (non-hydrogen) atoms. The Hall–Kier alpha value is -0.310. The molecule has 1 saturated heterocycles. The summed E-state index contributed by atoms with van der Waals surface area (Å²) in [6.07, 6.45) is 1.18. The molecule has 0 aromatic rings. The molecule has 1 unspecified atom stereocenters. The lowest BCUT2D eigenvalue weighted by atomic mass is 10.4. The van der Waals surface area contributed by atoms with E-state index in [0.717, 1.165) is 5.75 Å². The van der Waals surface area contributed by atoms with Crippen LogP contribution in [0.5, 0.6) is 0 Å². The molecule has 1 atom stereocenters. The van der Waals surface area contributed by atoms with E-state index in [1.54, 1.807) is 18.9 Å². The lowest BCUT2D eigenvalue weighted by Gasteiger charge is -2.34. The maximum atomic E-state index is 12.0. The summed E-state index contributed by atoms with van der Waals surface area (Å²) in [5, 5.41) is 2.25. The summed E-state index contributed by atoms with van der Waals surface area (Å²) >= 11 is 1.57. The number of carbonyl (C=O) groups is 1. The number of carbonyl (C=O) groups excluding carboxylic acids is 1. The van der Waals surface area contributed by atoms with Crippen molar-refractivity contribution in [2.24, 2.45) is 0 Å². The topological polar surface area (TPSA) is 75.7 Å². The minimum Gasteiger partial charge on any atom is -0.383 e. The van der Waals surface area contributed by atoms with Gasteiger partial charge in [-0.3, -0.25) is 4.79 Å². The number of hydrogen-bond acceptors (Lipinski definition) is 6. The Morgan fingerprint density at radius 1 is 1.56 bits per heavy atom. The van der Waals surface area contributed by atoms with Crippen LogP contribution in [0, 0.1) is 0 Å². The van der Waals surface area contributed by atoms with Gasteiger partial charge in [-0.1, -0.05) is 0 Å². The highest BCUT2D eigenvalue weighted by molar-refractivity contribution is 8.00. The summed E-state index contributed by atoms with van der Waals surface area (Å²) in [6.45, 7) is 1.75. The van der Waals surface area contributed by atoms with Gasteiger partial charge in [-0.2, -0.15) is 11.8 Å². The second-order valence-electron chi connectivity index (χ2n) is 4.12. The second-order valence-corrected chi connectivity index (χ2v) is 7.47. The van der Waals surface area contributed by atoms with E-state index in [1.807, 2.05) is 0 Å². The summed E-state index contributed by atoms with van der Waals surface area (Å²) in [7, 11) is -1.64. The number of nitrogens with one attached hydrogen (secondary N) is 1. The first kappa shape index (κ1) is 15.7. The number of sulfone groups is 1. The Bertz CT molecular complexity index is 372. The van der Waals surface area contributed by atoms with Gasteiger partial charge in [0.05, 0.1) is 13.2 Å². The van der Waals surface area contributed by atoms with Gasteiger partial charge in [0, 0.05) is 38.0 Å². The summed E-state index contributed by atoms with van der Waals surface area (Å²) in [5.74, 6) is 1.08. The van der Waals surface area contributed by atoms with Gasteiger partial charge in [0.1, 0.15) is 5.37 Å². The van der Waals surface area contributed by atoms with E-state index in [2.05, 4.69) is 5.32 Å². The molecule has 6 nitrogen and oxygen atoms in total. The number of nitrogens with zero attached hydrogens (tertiary/aromatic N) is 1. The zero-order chi connectivity index (χ0) is 13.6. The average Bonchev–Trinajstić information content (AvgIpc) is 2.33. The molecule has 106 valence electrons. The van der Waals surface area contributed by atoms with Crippen LogP contribution in [-0.2, 0) is 19.4 Å². The molecule has 1 rings (SSSR count). The van der Waals surface area contributed by atoms with Crippen molar-refractivity contribution in [3.8, 4) is 0 Å². The molecule has 1 aliphatic rings. The van der Waals surface area contributed by atoms with Gasteiger partial charge < -0.3 is 15.0 Å². The van der Waals surface area contributed by atoms with E-state index in [4.69, 9.17) is 4.74 Å². The van der Waals surface area contributed by atoms with Gasteiger partial charge in [0.15, 0.2) is 9.84 Å².